The lowest BCUT2D eigenvalue weighted by atomic mass is 10.1. The largest absolute Gasteiger partial charge is 0.486 e. The molecule has 0 aromatic heterocycles. The molecule has 144 valence electrons. The molecular weight excluding hydrogens is 358 g/mol. The number of hydrogen-bond donors (Lipinski definition) is 1. The summed E-state index contributed by atoms with van der Waals surface area (Å²) in [5, 5.41) is 8.55. The molecule has 0 unspecified atom stereocenters. The topological polar surface area (TPSA) is 80.2 Å². The van der Waals surface area contributed by atoms with Crippen LogP contribution in [0.15, 0.2) is 53.6 Å². The van der Waals surface area contributed by atoms with Crippen molar-refractivity contribution in [1.29, 1.82) is 0 Å². The Labute approximate surface area is 162 Å². The Balaban J connectivity index is 1.49. The zero-order valence-electron chi connectivity index (χ0n) is 15.6. The quantitative estimate of drug-likeness (QED) is 0.886. The molecule has 0 spiro atoms. The smallest absolute Gasteiger partial charge is 0.267 e. The molecule has 7 nitrogen and oxygen atoms in total. The van der Waals surface area contributed by atoms with Crippen LogP contribution in [0.4, 0.5) is 5.69 Å². The third-order valence-corrected chi connectivity index (χ3v) is 4.71. The summed E-state index contributed by atoms with van der Waals surface area (Å²) >= 11 is 0. The minimum Gasteiger partial charge on any atom is -0.486 e. The summed E-state index contributed by atoms with van der Waals surface area (Å²) in [7, 11) is 0. The summed E-state index contributed by atoms with van der Waals surface area (Å²) in [4.78, 5) is 24.9. The van der Waals surface area contributed by atoms with Gasteiger partial charge in [-0.05, 0) is 36.8 Å². The van der Waals surface area contributed by atoms with Crippen molar-refractivity contribution >= 4 is 23.2 Å². The lowest BCUT2D eigenvalue weighted by Gasteiger charge is -2.24. The van der Waals surface area contributed by atoms with Gasteiger partial charge in [-0.1, -0.05) is 24.3 Å². The molecular formula is C21H21N3O4. The second-order valence-corrected chi connectivity index (χ2v) is 6.69. The Morgan fingerprint density at radius 2 is 1.82 bits per heavy atom. The predicted molar refractivity (Wildman–Crippen MR) is 105 cm³/mol. The first kappa shape index (κ1) is 18.0. The van der Waals surface area contributed by atoms with Crippen molar-refractivity contribution in [3.8, 4) is 11.5 Å². The van der Waals surface area contributed by atoms with Crippen molar-refractivity contribution in [2.24, 2.45) is 5.10 Å². The number of carbonyl (C=O) groups excluding carboxylic acids is 2. The van der Waals surface area contributed by atoms with Crippen LogP contribution < -0.4 is 19.8 Å². The number of ether oxygens (including phenoxy) is 2. The Kier molecular flexibility index (Phi) is 4.97. The highest BCUT2D eigenvalue weighted by molar-refractivity contribution is 6.40. The van der Waals surface area contributed by atoms with Crippen molar-refractivity contribution < 1.29 is 19.1 Å². The molecule has 7 heteroatoms. The number of para-hydroxylation sites is 1. The molecule has 2 aromatic carbocycles. The molecule has 1 atom stereocenters. The van der Waals surface area contributed by atoms with Crippen LogP contribution in [0.1, 0.15) is 31.4 Å². The maximum Gasteiger partial charge on any atom is 0.267 e. The number of hydrogen-bond acceptors (Lipinski definition) is 5. The van der Waals surface area contributed by atoms with E-state index in [-0.39, 0.29) is 24.3 Å². The van der Waals surface area contributed by atoms with Crippen LogP contribution in [-0.2, 0) is 9.59 Å². The molecule has 4 rings (SSSR count). The van der Waals surface area contributed by atoms with Crippen LogP contribution in [0.3, 0.4) is 0 Å². The van der Waals surface area contributed by atoms with E-state index < -0.39 is 0 Å². The number of nitrogens with zero attached hydrogens (tertiary/aromatic N) is 2. The third kappa shape index (κ3) is 3.69. The fourth-order valence-electron chi connectivity index (χ4n) is 3.18. The van der Waals surface area contributed by atoms with E-state index in [0.29, 0.717) is 42.5 Å². The van der Waals surface area contributed by atoms with Crippen LogP contribution in [0, 0.1) is 0 Å². The fourth-order valence-corrected chi connectivity index (χ4v) is 3.18. The van der Waals surface area contributed by atoms with Crippen LogP contribution in [0.25, 0.3) is 0 Å². The zero-order valence-corrected chi connectivity index (χ0v) is 15.6. The maximum absolute atomic E-state index is 12.7. The van der Waals surface area contributed by atoms with E-state index in [2.05, 4.69) is 10.4 Å². The number of rotatable bonds is 4. The summed E-state index contributed by atoms with van der Waals surface area (Å²) in [6.45, 7) is 2.94. The fraction of sp³-hybridized carbons (Fsp3) is 0.286. The second-order valence-electron chi connectivity index (χ2n) is 6.69. The van der Waals surface area contributed by atoms with Crippen LogP contribution in [0.2, 0.25) is 0 Å². The van der Waals surface area contributed by atoms with Crippen molar-refractivity contribution in [1.82, 2.24) is 5.32 Å². The van der Waals surface area contributed by atoms with Crippen LogP contribution in [0.5, 0.6) is 11.5 Å². The number of benzene rings is 2. The number of amides is 2. The number of carbonyl (C=O) groups is 2. The average molecular weight is 379 g/mol. The highest BCUT2D eigenvalue weighted by atomic mass is 16.6. The average Bonchev–Trinajstić information content (AvgIpc) is 2.74. The Bertz CT molecular complexity index is 927. The van der Waals surface area contributed by atoms with E-state index in [0.717, 1.165) is 5.56 Å². The van der Waals surface area contributed by atoms with Gasteiger partial charge in [0.1, 0.15) is 18.9 Å². The van der Waals surface area contributed by atoms with E-state index in [4.69, 9.17) is 9.47 Å². The van der Waals surface area contributed by atoms with Gasteiger partial charge < -0.3 is 14.8 Å². The minimum absolute atomic E-state index is 0.123. The van der Waals surface area contributed by atoms with E-state index in [9.17, 15) is 9.59 Å². The van der Waals surface area contributed by atoms with Crippen LogP contribution >= 0.6 is 0 Å². The lowest BCUT2D eigenvalue weighted by Crippen LogP contribution is -2.39. The molecule has 28 heavy (non-hydrogen) atoms. The van der Waals surface area contributed by atoms with Gasteiger partial charge in [0.25, 0.3) is 5.91 Å². The number of hydrazone groups is 1. The first-order valence-corrected chi connectivity index (χ1v) is 9.28. The summed E-state index contributed by atoms with van der Waals surface area (Å²) in [6.07, 6.45) is 0.571. The molecule has 2 amide bonds. The van der Waals surface area contributed by atoms with E-state index in [1.807, 2.05) is 43.3 Å². The summed E-state index contributed by atoms with van der Waals surface area (Å²) in [6, 6.07) is 14.5. The minimum atomic E-state index is -0.282. The SMILES string of the molecule is C[C@@H](NC(=O)C1=NN(c2ccccc2)C(=O)CC1)c1ccc2c(c1)OCCO2. The maximum atomic E-state index is 12.7. The van der Waals surface area contributed by atoms with E-state index >= 15 is 0 Å². The monoisotopic (exact) mass is 379 g/mol. The van der Waals surface area contributed by atoms with Gasteiger partial charge in [0, 0.05) is 12.8 Å². The van der Waals surface area contributed by atoms with Gasteiger partial charge in [0.2, 0.25) is 5.91 Å². The van der Waals surface area contributed by atoms with E-state index in [1.54, 1.807) is 12.1 Å². The van der Waals surface area contributed by atoms with Gasteiger partial charge in [-0.15, -0.1) is 0 Å². The highest BCUT2D eigenvalue weighted by Crippen LogP contribution is 2.32. The third-order valence-electron chi connectivity index (χ3n) is 4.71. The molecule has 2 aliphatic heterocycles. The number of nitrogens with one attached hydrogen (secondary N) is 1. The molecule has 0 saturated heterocycles. The standard InChI is InChI=1S/C21H21N3O4/c1-14(15-7-9-18-19(13-15)28-12-11-27-18)22-21(26)17-8-10-20(25)24(23-17)16-5-3-2-4-6-16/h2-7,9,13-14H,8,10-12H2,1H3,(H,22,26)/t14-/m1/s1. The Morgan fingerprint density at radius 1 is 1.07 bits per heavy atom. The predicted octanol–water partition coefficient (Wildman–Crippen LogP) is 2.82. The molecule has 0 aliphatic carbocycles. The zero-order chi connectivity index (χ0) is 19.5. The first-order chi connectivity index (χ1) is 13.6. The normalized spacial score (nSPS) is 17.0. The van der Waals surface area contributed by atoms with Gasteiger partial charge in [-0.25, -0.2) is 5.01 Å². The van der Waals surface area contributed by atoms with Crippen molar-refractivity contribution in [2.75, 3.05) is 18.2 Å². The molecule has 0 saturated carbocycles. The molecule has 2 aromatic rings. The Hall–Kier alpha value is -3.35. The van der Waals surface area contributed by atoms with Crippen molar-refractivity contribution in [3.63, 3.8) is 0 Å². The first-order valence-electron chi connectivity index (χ1n) is 9.28. The molecule has 2 aliphatic rings. The lowest BCUT2D eigenvalue weighted by molar-refractivity contribution is -0.119. The van der Waals surface area contributed by atoms with E-state index in [1.165, 1.54) is 5.01 Å². The molecule has 2 heterocycles. The van der Waals surface area contributed by atoms with Gasteiger partial charge in [-0.2, -0.15) is 5.10 Å². The summed E-state index contributed by atoms with van der Waals surface area (Å²) in [5.41, 5.74) is 1.90. The molecule has 0 fully saturated rings. The molecule has 0 bridgehead atoms. The summed E-state index contributed by atoms with van der Waals surface area (Å²) < 4.78 is 11.1. The van der Waals surface area contributed by atoms with Gasteiger partial charge in [-0.3, -0.25) is 9.59 Å². The van der Waals surface area contributed by atoms with Gasteiger partial charge in [0.05, 0.1) is 11.7 Å². The van der Waals surface area contributed by atoms with Gasteiger partial charge >= 0.3 is 0 Å². The number of fused-ring (bicyclic) bond motifs is 1. The van der Waals surface area contributed by atoms with Crippen molar-refractivity contribution in [2.45, 2.75) is 25.8 Å². The molecule has 1 N–H and O–H groups in total. The van der Waals surface area contributed by atoms with Gasteiger partial charge in [0.15, 0.2) is 11.5 Å². The van der Waals surface area contributed by atoms with Crippen LogP contribution in [-0.4, -0.2) is 30.7 Å². The summed E-state index contributed by atoms with van der Waals surface area (Å²) in [5.74, 6) is 0.987. The highest BCUT2D eigenvalue weighted by Gasteiger charge is 2.26. The number of anilines is 1. The second kappa shape index (κ2) is 7.72. The Morgan fingerprint density at radius 3 is 2.61 bits per heavy atom. The van der Waals surface area contributed by atoms with Crippen molar-refractivity contribution in [3.05, 3.63) is 54.1 Å². The molecule has 0 radical (unpaired) electrons.